The molecule has 1 fully saturated rings. The number of piperazine rings is 1. The molecule has 9 heteroatoms. The first-order chi connectivity index (χ1) is 12.5. The molecule has 0 aliphatic carbocycles. The summed E-state index contributed by atoms with van der Waals surface area (Å²) in [6.45, 7) is 3.93. The summed E-state index contributed by atoms with van der Waals surface area (Å²) in [6.07, 6.45) is -0.338. The highest BCUT2D eigenvalue weighted by Crippen LogP contribution is 2.30. The van der Waals surface area contributed by atoms with Crippen LogP contribution in [0.2, 0.25) is 10.0 Å². The summed E-state index contributed by atoms with van der Waals surface area (Å²) in [4.78, 5) is 32.1. The average Bonchev–Trinajstić information content (AvgIpc) is 3.14. The number of amides is 2. The number of halogens is 2. The Hall–Kier alpha value is -1.83. The Morgan fingerprint density at radius 3 is 2.50 bits per heavy atom. The molecule has 1 aliphatic heterocycles. The molecule has 1 aliphatic rings. The highest BCUT2D eigenvalue weighted by Gasteiger charge is 2.26. The van der Waals surface area contributed by atoms with E-state index in [1.54, 1.807) is 34.2 Å². The number of carbonyl (C=O) groups excluding carboxylic acids is 2. The lowest BCUT2D eigenvalue weighted by Gasteiger charge is -2.33. The van der Waals surface area contributed by atoms with E-state index in [1.807, 2.05) is 6.07 Å². The normalized spacial score (nSPS) is 14.4. The molecule has 1 aromatic carbocycles. The number of carbonyl (C=O) groups is 2. The minimum atomic E-state index is -0.338. The third-order valence-electron chi connectivity index (χ3n) is 3.98. The van der Waals surface area contributed by atoms with Gasteiger partial charge in [0, 0.05) is 37.1 Å². The minimum Gasteiger partial charge on any atom is -0.450 e. The molecule has 0 unspecified atom stereocenters. The molecule has 0 atom stereocenters. The molecule has 0 radical (unpaired) electrons. The van der Waals surface area contributed by atoms with Gasteiger partial charge in [0.15, 0.2) is 0 Å². The second-order valence-electron chi connectivity index (χ2n) is 5.64. The molecule has 0 N–H and O–H groups in total. The van der Waals surface area contributed by atoms with Crippen LogP contribution in [-0.4, -0.2) is 59.6 Å². The van der Waals surface area contributed by atoms with Crippen LogP contribution in [0.5, 0.6) is 0 Å². The van der Waals surface area contributed by atoms with Gasteiger partial charge in [-0.25, -0.2) is 9.78 Å². The van der Waals surface area contributed by atoms with Gasteiger partial charge in [-0.3, -0.25) is 4.79 Å². The van der Waals surface area contributed by atoms with Crippen molar-refractivity contribution in [2.75, 3.05) is 32.8 Å². The average molecular weight is 414 g/mol. The fourth-order valence-corrected chi connectivity index (χ4v) is 3.69. The summed E-state index contributed by atoms with van der Waals surface area (Å²) in [5.41, 5.74) is 1.20. The van der Waals surface area contributed by atoms with Gasteiger partial charge in [0.25, 0.3) is 5.91 Å². The van der Waals surface area contributed by atoms with Crippen LogP contribution in [0.25, 0.3) is 10.6 Å². The standard InChI is InChI=1S/C17H17Cl2N3O3S/c1-2-25-17(24)22-7-5-21(6-8-22)16(23)14-10-26-15(20-14)11-3-4-12(18)13(19)9-11/h3-4,9-10H,2,5-8H2,1H3. The highest BCUT2D eigenvalue weighted by atomic mass is 35.5. The van der Waals surface area contributed by atoms with Crippen molar-refractivity contribution >= 4 is 46.5 Å². The van der Waals surface area contributed by atoms with Crippen LogP contribution in [0.4, 0.5) is 4.79 Å². The van der Waals surface area contributed by atoms with Gasteiger partial charge >= 0.3 is 6.09 Å². The van der Waals surface area contributed by atoms with E-state index < -0.39 is 0 Å². The zero-order valence-corrected chi connectivity index (χ0v) is 16.4. The summed E-state index contributed by atoms with van der Waals surface area (Å²) in [5.74, 6) is -0.143. The van der Waals surface area contributed by atoms with Crippen molar-refractivity contribution in [3.8, 4) is 10.6 Å². The van der Waals surface area contributed by atoms with Gasteiger partial charge in [0.05, 0.1) is 16.7 Å². The van der Waals surface area contributed by atoms with Crippen molar-refractivity contribution in [3.63, 3.8) is 0 Å². The number of rotatable bonds is 3. The largest absolute Gasteiger partial charge is 0.450 e. The first-order valence-electron chi connectivity index (χ1n) is 8.11. The first-order valence-corrected chi connectivity index (χ1v) is 9.75. The summed E-state index contributed by atoms with van der Waals surface area (Å²) >= 11 is 13.4. The number of thiazole rings is 1. The van der Waals surface area contributed by atoms with Crippen LogP contribution < -0.4 is 0 Å². The Balaban J connectivity index is 1.65. The number of ether oxygens (including phenoxy) is 1. The Labute approximate surface area is 165 Å². The molecule has 1 saturated heterocycles. The van der Waals surface area contributed by atoms with Gasteiger partial charge in [-0.05, 0) is 19.1 Å². The van der Waals surface area contributed by atoms with E-state index in [0.29, 0.717) is 53.5 Å². The zero-order chi connectivity index (χ0) is 18.7. The Morgan fingerprint density at radius 1 is 1.15 bits per heavy atom. The van der Waals surface area contributed by atoms with Crippen LogP contribution in [0, 0.1) is 0 Å². The van der Waals surface area contributed by atoms with Gasteiger partial charge in [-0.15, -0.1) is 11.3 Å². The maximum Gasteiger partial charge on any atom is 0.409 e. The lowest BCUT2D eigenvalue weighted by Crippen LogP contribution is -2.50. The Kier molecular flexibility index (Phi) is 6.01. The second-order valence-corrected chi connectivity index (χ2v) is 7.32. The van der Waals surface area contributed by atoms with E-state index >= 15 is 0 Å². The predicted molar refractivity (Wildman–Crippen MR) is 102 cm³/mol. The topological polar surface area (TPSA) is 62.7 Å². The van der Waals surface area contributed by atoms with E-state index in [2.05, 4.69) is 4.98 Å². The smallest absolute Gasteiger partial charge is 0.409 e. The lowest BCUT2D eigenvalue weighted by molar-refractivity contribution is 0.0566. The number of benzene rings is 1. The third-order valence-corrected chi connectivity index (χ3v) is 5.61. The van der Waals surface area contributed by atoms with Crippen molar-refractivity contribution < 1.29 is 14.3 Å². The van der Waals surface area contributed by atoms with E-state index in [9.17, 15) is 9.59 Å². The van der Waals surface area contributed by atoms with E-state index in [0.717, 1.165) is 5.56 Å². The fraction of sp³-hybridized carbons (Fsp3) is 0.353. The molecule has 0 bridgehead atoms. The van der Waals surface area contributed by atoms with E-state index in [4.69, 9.17) is 27.9 Å². The minimum absolute atomic E-state index is 0.143. The van der Waals surface area contributed by atoms with Crippen LogP contribution in [0.15, 0.2) is 23.6 Å². The zero-order valence-electron chi connectivity index (χ0n) is 14.1. The molecule has 0 saturated carbocycles. The SMILES string of the molecule is CCOC(=O)N1CCN(C(=O)c2csc(-c3ccc(Cl)c(Cl)c3)n2)CC1. The number of nitrogens with zero attached hydrogens (tertiary/aromatic N) is 3. The highest BCUT2D eigenvalue weighted by molar-refractivity contribution is 7.13. The monoisotopic (exact) mass is 413 g/mol. The van der Waals surface area contributed by atoms with Crippen LogP contribution >= 0.6 is 34.5 Å². The lowest BCUT2D eigenvalue weighted by atomic mass is 10.2. The van der Waals surface area contributed by atoms with Gasteiger partial charge in [0.1, 0.15) is 10.7 Å². The molecule has 26 heavy (non-hydrogen) atoms. The maximum atomic E-state index is 12.7. The second kappa shape index (κ2) is 8.24. The van der Waals surface area contributed by atoms with Gasteiger partial charge in [-0.1, -0.05) is 29.3 Å². The molecular weight excluding hydrogens is 397 g/mol. The van der Waals surface area contributed by atoms with Crippen molar-refractivity contribution in [2.45, 2.75) is 6.92 Å². The summed E-state index contributed by atoms with van der Waals surface area (Å²) in [6, 6.07) is 5.26. The molecule has 1 aromatic heterocycles. The Morgan fingerprint density at radius 2 is 1.85 bits per heavy atom. The van der Waals surface area contributed by atoms with E-state index in [-0.39, 0.29) is 12.0 Å². The predicted octanol–water partition coefficient (Wildman–Crippen LogP) is 4.03. The van der Waals surface area contributed by atoms with Crippen molar-refractivity contribution in [1.29, 1.82) is 0 Å². The molecule has 2 aromatic rings. The molecule has 138 valence electrons. The fourth-order valence-electron chi connectivity index (χ4n) is 2.60. The summed E-state index contributed by atoms with van der Waals surface area (Å²) in [5, 5.41) is 3.36. The van der Waals surface area contributed by atoms with Crippen molar-refractivity contribution in [3.05, 3.63) is 39.3 Å². The van der Waals surface area contributed by atoms with E-state index in [1.165, 1.54) is 11.3 Å². The molecule has 2 heterocycles. The first kappa shape index (κ1) is 18.9. The van der Waals surface area contributed by atoms with Crippen LogP contribution in [0.1, 0.15) is 17.4 Å². The van der Waals surface area contributed by atoms with Gasteiger partial charge in [0.2, 0.25) is 0 Å². The maximum absolute atomic E-state index is 12.7. The summed E-state index contributed by atoms with van der Waals surface area (Å²) < 4.78 is 4.98. The molecule has 3 rings (SSSR count). The summed E-state index contributed by atoms with van der Waals surface area (Å²) in [7, 11) is 0. The number of aromatic nitrogens is 1. The molecule has 2 amide bonds. The van der Waals surface area contributed by atoms with Crippen LogP contribution in [-0.2, 0) is 4.74 Å². The molecule has 0 spiro atoms. The number of hydrogen-bond donors (Lipinski definition) is 0. The molecular formula is C17H17Cl2N3O3S. The number of hydrogen-bond acceptors (Lipinski definition) is 5. The van der Waals surface area contributed by atoms with Crippen LogP contribution in [0.3, 0.4) is 0 Å². The molecule has 6 nitrogen and oxygen atoms in total. The van der Waals surface area contributed by atoms with Gasteiger partial charge < -0.3 is 14.5 Å². The third kappa shape index (κ3) is 4.11. The van der Waals surface area contributed by atoms with Crippen molar-refractivity contribution in [1.82, 2.24) is 14.8 Å². The quantitative estimate of drug-likeness (QED) is 0.761. The van der Waals surface area contributed by atoms with Gasteiger partial charge in [-0.2, -0.15) is 0 Å². The van der Waals surface area contributed by atoms with Crippen molar-refractivity contribution in [2.24, 2.45) is 0 Å². The Bertz CT molecular complexity index is 819.